The summed E-state index contributed by atoms with van der Waals surface area (Å²) in [4.78, 5) is 7.29. The Bertz CT molecular complexity index is 609. The zero-order valence-corrected chi connectivity index (χ0v) is 15.8. The average molecular weight is 345 g/mol. The van der Waals surface area contributed by atoms with Crippen LogP contribution in [-0.2, 0) is 11.2 Å². The van der Waals surface area contributed by atoms with Crippen LogP contribution in [-0.4, -0.2) is 57.4 Å². The zero-order chi connectivity index (χ0) is 17.7. The van der Waals surface area contributed by atoms with E-state index in [2.05, 4.69) is 36.2 Å². The summed E-state index contributed by atoms with van der Waals surface area (Å²) in [6, 6.07) is 6.33. The number of hydrogen-bond acceptors (Lipinski definition) is 3. The summed E-state index contributed by atoms with van der Waals surface area (Å²) in [5.74, 6) is 1.99. The largest absolute Gasteiger partial charge is 0.496 e. The van der Waals surface area contributed by atoms with Crippen molar-refractivity contribution in [1.29, 1.82) is 0 Å². The molecule has 0 bridgehead atoms. The second kappa shape index (κ2) is 8.09. The van der Waals surface area contributed by atoms with Crippen LogP contribution in [0.25, 0.3) is 0 Å². The third-order valence-electron chi connectivity index (χ3n) is 5.34. The van der Waals surface area contributed by atoms with Gasteiger partial charge in [-0.3, -0.25) is 4.99 Å². The highest BCUT2D eigenvalue weighted by atomic mass is 16.5. The van der Waals surface area contributed by atoms with Gasteiger partial charge in [0, 0.05) is 38.2 Å². The Hall–Kier alpha value is -1.75. The lowest BCUT2D eigenvalue weighted by Crippen LogP contribution is -2.41. The number of likely N-dealkylation sites (tertiary alicyclic amines) is 1. The Balaban J connectivity index is 1.64. The van der Waals surface area contributed by atoms with E-state index < -0.39 is 0 Å². The molecule has 1 atom stereocenters. The lowest BCUT2D eigenvalue weighted by atomic mass is 9.87. The highest BCUT2D eigenvalue weighted by Crippen LogP contribution is 2.38. The molecule has 1 unspecified atom stereocenters. The topological polar surface area (TPSA) is 46.1 Å². The molecule has 25 heavy (non-hydrogen) atoms. The fourth-order valence-corrected chi connectivity index (χ4v) is 3.90. The van der Waals surface area contributed by atoms with E-state index in [0.717, 1.165) is 57.5 Å². The van der Waals surface area contributed by atoms with Crippen molar-refractivity contribution in [3.8, 4) is 5.75 Å². The van der Waals surface area contributed by atoms with E-state index in [1.54, 1.807) is 7.11 Å². The maximum absolute atomic E-state index is 5.65. The lowest BCUT2D eigenvalue weighted by Gasteiger charge is -2.25. The van der Waals surface area contributed by atoms with Gasteiger partial charge in [-0.1, -0.05) is 17.7 Å². The van der Waals surface area contributed by atoms with E-state index in [-0.39, 0.29) is 0 Å². The molecule has 138 valence electrons. The maximum Gasteiger partial charge on any atom is 0.193 e. The molecular formula is C20H31N3O2. The summed E-state index contributed by atoms with van der Waals surface area (Å²) in [5, 5.41) is 3.46. The third-order valence-corrected chi connectivity index (χ3v) is 5.34. The van der Waals surface area contributed by atoms with E-state index in [0.29, 0.717) is 5.41 Å². The predicted octanol–water partition coefficient (Wildman–Crippen LogP) is 2.62. The average Bonchev–Trinajstić information content (AvgIpc) is 3.24. The lowest BCUT2D eigenvalue weighted by molar-refractivity contribution is 0.156. The Labute approximate surface area is 151 Å². The van der Waals surface area contributed by atoms with Gasteiger partial charge in [-0.05, 0) is 44.7 Å². The first-order valence-corrected chi connectivity index (χ1v) is 9.40. The van der Waals surface area contributed by atoms with Crippen LogP contribution in [0.15, 0.2) is 23.2 Å². The molecule has 2 saturated heterocycles. The molecule has 0 saturated carbocycles. The first-order chi connectivity index (χ1) is 12.2. The van der Waals surface area contributed by atoms with Gasteiger partial charge in [0.05, 0.1) is 13.7 Å². The van der Waals surface area contributed by atoms with Gasteiger partial charge in [0.15, 0.2) is 5.96 Å². The second-order valence-corrected chi connectivity index (χ2v) is 7.28. The summed E-state index contributed by atoms with van der Waals surface area (Å²) < 4.78 is 11.1. The molecule has 0 aliphatic carbocycles. The van der Waals surface area contributed by atoms with E-state index in [9.17, 15) is 0 Å². The maximum atomic E-state index is 5.65. The highest BCUT2D eigenvalue weighted by Gasteiger charge is 2.42. The molecule has 0 aromatic heterocycles. The molecular weight excluding hydrogens is 314 g/mol. The van der Waals surface area contributed by atoms with Gasteiger partial charge in [0.2, 0.25) is 0 Å². The van der Waals surface area contributed by atoms with Gasteiger partial charge in [-0.15, -0.1) is 0 Å². The van der Waals surface area contributed by atoms with Crippen LogP contribution in [0.4, 0.5) is 0 Å². The smallest absolute Gasteiger partial charge is 0.193 e. The van der Waals surface area contributed by atoms with Crippen LogP contribution < -0.4 is 10.1 Å². The summed E-state index contributed by atoms with van der Waals surface area (Å²) in [6.07, 6.45) is 3.29. The number of ether oxygens (including phenoxy) is 2. The van der Waals surface area contributed by atoms with Gasteiger partial charge in [0.1, 0.15) is 5.75 Å². The van der Waals surface area contributed by atoms with Crippen molar-refractivity contribution >= 4 is 5.96 Å². The Morgan fingerprint density at radius 1 is 1.40 bits per heavy atom. The van der Waals surface area contributed by atoms with E-state index in [1.165, 1.54) is 24.0 Å². The molecule has 5 heteroatoms. The molecule has 5 nitrogen and oxygen atoms in total. The van der Waals surface area contributed by atoms with Gasteiger partial charge in [-0.2, -0.15) is 0 Å². The molecule has 2 heterocycles. The van der Waals surface area contributed by atoms with Crippen molar-refractivity contribution in [1.82, 2.24) is 10.2 Å². The normalized spacial score (nSPS) is 23.5. The van der Waals surface area contributed by atoms with Gasteiger partial charge in [0.25, 0.3) is 0 Å². The van der Waals surface area contributed by atoms with Crippen LogP contribution in [0.2, 0.25) is 0 Å². The van der Waals surface area contributed by atoms with E-state index >= 15 is 0 Å². The first kappa shape index (κ1) is 18.1. The molecule has 1 spiro atoms. The highest BCUT2D eigenvalue weighted by molar-refractivity contribution is 5.80. The van der Waals surface area contributed by atoms with Gasteiger partial charge < -0.3 is 19.7 Å². The van der Waals surface area contributed by atoms with Crippen molar-refractivity contribution in [3.63, 3.8) is 0 Å². The molecule has 2 fully saturated rings. The summed E-state index contributed by atoms with van der Waals surface area (Å²) in [6.45, 7) is 9.86. The number of hydrogen-bond donors (Lipinski definition) is 1. The van der Waals surface area contributed by atoms with Crippen LogP contribution in [0, 0.1) is 12.3 Å². The third kappa shape index (κ3) is 4.27. The fourth-order valence-electron chi connectivity index (χ4n) is 3.90. The number of benzene rings is 1. The minimum Gasteiger partial charge on any atom is -0.496 e. The van der Waals surface area contributed by atoms with Crippen LogP contribution >= 0.6 is 0 Å². The predicted molar refractivity (Wildman–Crippen MR) is 101 cm³/mol. The van der Waals surface area contributed by atoms with E-state index in [4.69, 9.17) is 14.5 Å². The molecule has 2 aliphatic rings. The monoisotopic (exact) mass is 345 g/mol. The van der Waals surface area contributed by atoms with Crippen molar-refractivity contribution in [3.05, 3.63) is 29.3 Å². The van der Waals surface area contributed by atoms with Crippen LogP contribution in [0.1, 0.15) is 30.9 Å². The Kier molecular flexibility index (Phi) is 5.84. The Morgan fingerprint density at radius 2 is 2.28 bits per heavy atom. The second-order valence-electron chi connectivity index (χ2n) is 7.28. The van der Waals surface area contributed by atoms with Crippen molar-refractivity contribution in [2.45, 2.75) is 33.1 Å². The standard InChI is InChI=1S/C20H31N3O2/c1-4-21-19(23-11-8-20(14-23)9-12-25-15-20)22-10-7-17-13-16(2)5-6-18(17)24-3/h5-6,13H,4,7-12,14-15H2,1-3H3,(H,21,22). The molecule has 1 aromatic carbocycles. The molecule has 1 N–H and O–H groups in total. The number of guanidine groups is 1. The van der Waals surface area contributed by atoms with Crippen molar-refractivity contribution in [2.75, 3.05) is 46.5 Å². The molecule has 2 aliphatic heterocycles. The quantitative estimate of drug-likeness (QED) is 0.658. The van der Waals surface area contributed by atoms with Crippen LogP contribution in [0.3, 0.4) is 0 Å². The number of aryl methyl sites for hydroxylation is 1. The molecule has 1 aromatic rings. The fraction of sp³-hybridized carbons (Fsp3) is 0.650. The van der Waals surface area contributed by atoms with Crippen LogP contribution in [0.5, 0.6) is 5.75 Å². The number of nitrogens with zero attached hydrogens (tertiary/aromatic N) is 2. The van der Waals surface area contributed by atoms with Crippen molar-refractivity contribution in [2.24, 2.45) is 10.4 Å². The molecule has 0 radical (unpaired) electrons. The first-order valence-electron chi connectivity index (χ1n) is 9.40. The summed E-state index contributed by atoms with van der Waals surface area (Å²) >= 11 is 0. The van der Waals surface area contributed by atoms with Gasteiger partial charge in [-0.25, -0.2) is 0 Å². The molecule has 3 rings (SSSR count). The zero-order valence-electron chi connectivity index (χ0n) is 15.8. The SMILES string of the molecule is CCNC(=NCCc1cc(C)ccc1OC)N1CCC2(CCOC2)C1. The van der Waals surface area contributed by atoms with E-state index in [1.807, 2.05) is 6.07 Å². The Morgan fingerprint density at radius 3 is 3.00 bits per heavy atom. The number of methoxy groups -OCH3 is 1. The minimum atomic E-state index is 0.357. The number of aliphatic imine (C=N–C) groups is 1. The number of rotatable bonds is 5. The number of nitrogens with one attached hydrogen (secondary N) is 1. The summed E-state index contributed by atoms with van der Waals surface area (Å²) in [5.41, 5.74) is 2.84. The minimum absolute atomic E-state index is 0.357. The summed E-state index contributed by atoms with van der Waals surface area (Å²) in [7, 11) is 1.73. The van der Waals surface area contributed by atoms with Crippen molar-refractivity contribution < 1.29 is 9.47 Å². The molecule has 0 amide bonds. The van der Waals surface area contributed by atoms with Gasteiger partial charge >= 0.3 is 0 Å².